The number of hydrogen-bond donors (Lipinski definition) is 2. The van der Waals surface area contributed by atoms with Gasteiger partial charge < -0.3 is 11.1 Å². The molecule has 0 radical (unpaired) electrons. The Kier molecular flexibility index (Phi) is 5.04. The van der Waals surface area contributed by atoms with Gasteiger partial charge in [0.05, 0.1) is 12.2 Å². The number of amides is 1. The minimum absolute atomic E-state index is 0.0463. The van der Waals surface area contributed by atoms with Crippen LogP contribution in [0.5, 0.6) is 0 Å². The summed E-state index contributed by atoms with van der Waals surface area (Å²) in [4.78, 5) is 12.8. The van der Waals surface area contributed by atoms with Crippen molar-refractivity contribution in [3.8, 4) is 0 Å². The largest absolute Gasteiger partial charge is 0.349 e. The van der Waals surface area contributed by atoms with Crippen LogP contribution in [0.3, 0.4) is 0 Å². The predicted molar refractivity (Wildman–Crippen MR) is 107 cm³/mol. The summed E-state index contributed by atoms with van der Waals surface area (Å²) in [5.74, 6) is 1.13. The first-order valence-electron chi connectivity index (χ1n) is 10.2. The minimum Gasteiger partial charge on any atom is -0.349 e. The van der Waals surface area contributed by atoms with Crippen LogP contribution in [0.2, 0.25) is 0 Å². The first-order chi connectivity index (χ1) is 13.0. The lowest BCUT2D eigenvalue weighted by atomic mass is 9.67. The van der Waals surface area contributed by atoms with Gasteiger partial charge in [-0.15, -0.1) is 0 Å². The summed E-state index contributed by atoms with van der Waals surface area (Å²) >= 11 is 0. The highest BCUT2D eigenvalue weighted by Crippen LogP contribution is 2.39. The third-order valence-corrected chi connectivity index (χ3v) is 6.33. The SMILES string of the molecule is Cc1cc(C)n(Cc2ccc(C(=O)NC3C4CCCC3CC(N)C4)cc2)n1. The van der Waals surface area contributed by atoms with Crippen LogP contribution in [0.25, 0.3) is 0 Å². The average molecular weight is 367 g/mol. The molecule has 2 atom stereocenters. The molecule has 2 saturated carbocycles. The lowest BCUT2D eigenvalue weighted by Crippen LogP contribution is -2.53. The van der Waals surface area contributed by atoms with Crippen molar-refractivity contribution in [3.63, 3.8) is 0 Å². The molecular formula is C22H30N4O. The van der Waals surface area contributed by atoms with Crippen molar-refractivity contribution in [1.29, 1.82) is 0 Å². The average Bonchev–Trinajstić information content (AvgIpc) is 2.93. The Hall–Kier alpha value is -2.14. The summed E-state index contributed by atoms with van der Waals surface area (Å²) in [6.07, 6.45) is 5.74. The van der Waals surface area contributed by atoms with E-state index in [4.69, 9.17) is 5.73 Å². The van der Waals surface area contributed by atoms with Crippen LogP contribution in [0.1, 0.15) is 59.4 Å². The number of nitrogens with two attached hydrogens (primary N) is 1. The zero-order valence-electron chi connectivity index (χ0n) is 16.3. The zero-order valence-corrected chi connectivity index (χ0v) is 16.3. The topological polar surface area (TPSA) is 72.9 Å². The summed E-state index contributed by atoms with van der Waals surface area (Å²) in [7, 11) is 0. The van der Waals surface area contributed by atoms with Gasteiger partial charge in [0.1, 0.15) is 0 Å². The van der Waals surface area contributed by atoms with Crippen molar-refractivity contribution >= 4 is 5.91 Å². The van der Waals surface area contributed by atoms with E-state index in [0.29, 0.717) is 23.9 Å². The molecule has 2 fully saturated rings. The highest BCUT2D eigenvalue weighted by molar-refractivity contribution is 5.94. The van der Waals surface area contributed by atoms with E-state index in [2.05, 4.69) is 23.4 Å². The van der Waals surface area contributed by atoms with Crippen LogP contribution in [0.4, 0.5) is 0 Å². The number of aromatic nitrogens is 2. The van der Waals surface area contributed by atoms with Gasteiger partial charge in [-0.05, 0) is 75.1 Å². The molecule has 0 aliphatic heterocycles. The molecule has 0 spiro atoms. The number of nitrogens with one attached hydrogen (secondary N) is 1. The summed E-state index contributed by atoms with van der Waals surface area (Å²) in [6, 6.07) is 10.6. The molecule has 4 rings (SSSR count). The van der Waals surface area contributed by atoms with E-state index in [1.54, 1.807) is 0 Å². The van der Waals surface area contributed by atoms with Gasteiger partial charge in [0, 0.05) is 23.3 Å². The molecule has 2 unspecified atom stereocenters. The number of benzene rings is 1. The van der Waals surface area contributed by atoms with E-state index >= 15 is 0 Å². The summed E-state index contributed by atoms with van der Waals surface area (Å²) in [5, 5.41) is 7.83. The van der Waals surface area contributed by atoms with E-state index < -0.39 is 0 Å². The summed E-state index contributed by atoms with van der Waals surface area (Å²) < 4.78 is 2.00. The van der Waals surface area contributed by atoms with Crippen molar-refractivity contribution in [1.82, 2.24) is 15.1 Å². The molecular weight excluding hydrogens is 336 g/mol. The van der Waals surface area contributed by atoms with E-state index in [1.165, 1.54) is 19.3 Å². The van der Waals surface area contributed by atoms with Gasteiger partial charge in [-0.1, -0.05) is 18.6 Å². The molecule has 3 N–H and O–H groups in total. The molecule has 5 nitrogen and oxygen atoms in total. The molecule has 2 bridgehead atoms. The molecule has 144 valence electrons. The second-order valence-electron chi connectivity index (χ2n) is 8.46. The van der Waals surface area contributed by atoms with Crippen LogP contribution in [0, 0.1) is 25.7 Å². The zero-order chi connectivity index (χ0) is 19.0. The van der Waals surface area contributed by atoms with Crippen LogP contribution in [0.15, 0.2) is 30.3 Å². The number of nitrogens with zero attached hydrogens (tertiary/aromatic N) is 2. The van der Waals surface area contributed by atoms with E-state index in [9.17, 15) is 4.79 Å². The highest BCUT2D eigenvalue weighted by atomic mass is 16.1. The number of fused-ring (bicyclic) bond motifs is 2. The number of aryl methyl sites for hydroxylation is 2. The molecule has 1 heterocycles. The van der Waals surface area contributed by atoms with E-state index in [-0.39, 0.29) is 5.91 Å². The monoisotopic (exact) mass is 366 g/mol. The van der Waals surface area contributed by atoms with Gasteiger partial charge in [-0.25, -0.2) is 0 Å². The first kappa shape index (κ1) is 18.2. The molecule has 27 heavy (non-hydrogen) atoms. The molecule has 0 saturated heterocycles. The van der Waals surface area contributed by atoms with Crippen molar-refractivity contribution < 1.29 is 4.79 Å². The molecule has 2 aliphatic carbocycles. The van der Waals surface area contributed by atoms with Crippen molar-refractivity contribution in [2.75, 3.05) is 0 Å². The lowest BCUT2D eigenvalue weighted by Gasteiger charge is -2.45. The molecule has 1 aromatic carbocycles. The Morgan fingerprint density at radius 1 is 1.19 bits per heavy atom. The quantitative estimate of drug-likeness (QED) is 0.873. The Balaban J connectivity index is 1.41. The number of hydrogen-bond acceptors (Lipinski definition) is 3. The lowest BCUT2D eigenvalue weighted by molar-refractivity contribution is 0.0756. The van der Waals surface area contributed by atoms with Crippen molar-refractivity contribution in [3.05, 3.63) is 52.8 Å². The van der Waals surface area contributed by atoms with Gasteiger partial charge in [0.2, 0.25) is 0 Å². The predicted octanol–water partition coefficient (Wildman–Crippen LogP) is 3.18. The van der Waals surface area contributed by atoms with E-state index in [0.717, 1.165) is 41.9 Å². The Morgan fingerprint density at radius 3 is 2.44 bits per heavy atom. The molecule has 1 aromatic heterocycles. The molecule has 2 aliphatic rings. The molecule has 2 aromatic rings. The first-order valence-corrected chi connectivity index (χ1v) is 10.2. The van der Waals surface area contributed by atoms with Crippen LogP contribution < -0.4 is 11.1 Å². The van der Waals surface area contributed by atoms with Crippen LogP contribution in [-0.2, 0) is 6.54 Å². The van der Waals surface area contributed by atoms with Crippen LogP contribution >= 0.6 is 0 Å². The van der Waals surface area contributed by atoms with Crippen molar-refractivity contribution in [2.45, 2.75) is 64.6 Å². The number of rotatable bonds is 4. The normalized spacial score (nSPS) is 27.4. The smallest absolute Gasteiger partial charge is 0.251 e. The molecule has 1 amide bonds. The van der Waals surface area contributed by atoms with Gasteiger partial charge in [0.15, 0.2) is 0 Å². The number of carbonyl (C=O) groups excluding carboxylic acids is 1. The van der Waals surface area contributed by atoms with Gasteiger partial charge in [-0.2, -0.15) is 5.10 Å². The standard InChI is InChI=1S/C22H30N4O/c1-14-10-15(2)26(25-14)13-16-6-8-17(9-7-16)22(27)24-21-18-4-3-5-19(21)12-20(23)11-18/h6-10,18-21H,3-5,11-13,23H2,1-2H3,(H,24,27). The van der Waals surface area contributed by atoms with Crippen LogP contribution in [-0.4, -0.2) is 27.8 Å². The van der Waals surface area contributed by atoms with E-state index in [1.807, 2.05) is 35.9 Å². The highest BCUT2D eigenvalue weighted by Gasteiger charge is 2.39. The number of carbonyl (C=O) groups is 1. The summed E-state index contributed by atoms with van der Waals surface area (Å²) in [6.45, 7) is 4.80. The maximum absolute atomic E-state index is 12.8. The summed E-state index contributed by atoms with van der Waals surface area (Å²) in [5.41, 5.74) is 10.3. The second kappa shape index (κ2) is 7.47. The third-order valence-electron chi connectivity index (χ3n) is 6.33. The molecule has 5 heteroatoms. The fourth-order valence-corrected chi connectivity index (χ4v) is 5.03. The maximum atomic E-state index is 12.8. The van der Waals surface area contributed by atoms with Gasteiger partial charge >= 0.3 is 0 Å². The Labute approximate surface area is 161 Å². The third kappa shape index (κ3) is 3.93. The second-order valence-corrected chi connectivity index (χ2v) is 8.46. The minimum atomic E-state index is 0.0463. The Morgan fingerprint density at radius 2 is 1.85 bits per heavy atom. The fraction of sp³-hybridized carbons (Fsp3) is 0.545. The fourth-order valence-electron chi connectivity index (χ4n) is 5.03. The van der Waals surface area contributed by atoms with Gasteiger partial charge in [0.25, 0.3) is 5.91 Å². The Bertz CT molecular complexity index is 796. The van der Waals surface area contributed by atoms with Gasteiger partial charge in [-0.3, -0.25) is 9.48 Å². The maximum Gasteiger partial charge on any atom is 0.251 e. The van der Waals surface area contributed by atoms with Crippen molar-refractivity contribution in [2.24, 2.45) is 17.6 Å².